The zero-order valence-corrected chi connectivity index (χ0v) is 11.1. The Hall–Kier alpha value is -2.09. The summed E-state index contributed by atoms with van der Waals surface area (Å²) in [5.41, 5.74) is -0.696. The van der Waals surface area contributed by atoms with Gasteiger partial charge in [0.25, 0.3) is 0 Å². The van der Waals surface area contributed by atoms with Crippen LogP contribution in [0.3, 0.4) is 0 Å². The van der Waals surface area contributed by atoms with Gasteiger partial charge in [-0.25, -0.2) is 13.2 Å². The van der Waals surface area contributed by atoms with Crippen LogP contribution < -0.4 is 10.6 Å². The van der Waals surface area contributed by atoms with Crippen LogP contribution in [0, 0.1) is 17.5 Å². The predicted molar refractivity (Wildman–Crippen MR) is 69.0 cm³/mol. The van der Waals surface area contributed by atoms with Crippen LogP contribution in [-0.2, 0) is 9.59 Å². The van der Waals surface area contributed by atoms with Crippen molar-refractivity contribution < 1.29 is 22.8 Å². The molecular formula is C13H14F3N3O2. The number of carbonyl (C=O) groups is 2. The maximum absolute atomic E-state index is 13.4. The maximum Gasteiger partial charge on any atom is 0.313 e. The summed E-state index contributed by atoms with van der Waals surface area (Å²) in [4.78, 5) is 25.0. The van der Waals surface area contributed by atoms with Gasteiger partial charge in [-0.2, -0.15) is 0 Å². The van der Waals surface area contributed by atoms with E-state index in [1.54, 1.807) is 0 Å². The third kappa shape index (κ3) is 3.72. The molecule has 114 valence electrons. The first-order valence-corrected chi connectivity index (χ1v) is 6.44. The molecule has 1 saturated heterocycles. The number of hydrogen-bond acceptors (Lipinski definition) is 3. The molecule has 1 aliphatic heterocycles. The van der Waals surface area contributed by atoms with Gasteiger partial charge in [0.2, 0.25) is 0 Å². The van der Waals surface area contributed by atoms with Gasteiger partial charge < -0.3 is 15.5 Å². The number of halogens is 3. The van der Waals surface area contributed by atoms with Crippen molar-refractivity contribution in [3.8, 4) is 0 Å². The van der Waals surface area contributed by atoms with Crippen molar-refractivity contribution in [3.63, 3.8) is 0 Å². The maximum atomic E-state index is 13.4. The lowest BCUT2D eigenvalue weighted by Crippen LogP contribution is -2.41. The van der Waals surface area contributed by atoms with Crippen LogP contribution in [0.15, 0.2) is 12.1 Å². The Morgan fingerprint density at radius 1 is 1.14 bits per heavy atom. The van der Waals surface area contributed by atoms with Gasteiger partial charge >= 0.3 is 11.8 Å². The number of nitrogens with one attached hydrogen (secondary N) is 2. The van der Waals surface area contributed by atoms with Crippen LogP contribution in [0.4, 0.5) is 18.9 Å². The molecule has 0 aromatic heterocycles. The molecule has 2 N–H and O–H groups in total. The van der Waals surface area contributed by atoms with Crippen molar-refractivity contribution in [2.24, 2.45) is 0 Å². The lowest BCUT2D eigenvalue weighted by atomic mass is 10.2. The van der Waals surface area contributed by atoms with Crippen molar-refractivity contribution in [3.05, 3.63) is 29.6 Å². The molecule has 0 aliphatic carbocycles. The molecule has 0 spiro atoms. The molecule has 5 nitrogen and oxygen atoms in total. The number of hydrogen-bond donors (Lipinski definition) is 2. The quantitative estimate of drug-likeness (QED) is 0.597. The summed E-state index contributed by atoms with van der Waals surface area (Å²) in [6.07, 6.45) is 0.683. The average molecular weight is 301 g/mol. The summed E-state index contributed by atoms with van der Waals surface area (Å²) in [6.45, 7) is 2.00. The standard InChI is InChI=1S/C13H14F3N3O2/c14-8-6-9(15)11(16)10(7-8)18-12(20)13(21)19-4-1-2-17-3-5-19/h6-7,17H,1-5H2,(H,18,20). The Morgan fingerprint density at radius 2 is 1.90 bits per heavy atom. The van der Waals surface area contributed by atoms with Crippen molar-refractivity contribution >= 4 is 17.5 Å². The van der Waals surface area contributed by atoms with E-state index in [1.165, 1.54) is 4.90 Å². The second kappa shape index (κ2) is 6.57. The van der Waals surface area contributed by atoms with E-state index in [4.69, 9.17) is 0 Å². The van der Waals surface area contributed by atoms with Gasteiger partial charge in [-0.3, -0.25) is 9.59 Å². The van der Waals surface area contributed by atoms with Crippen LogP contribution in [0.1, 0.15) is 6.42 Å². The highest BCUT2D eigenvalue weighted by atomic mass is 19.2. The number of carbonyl (C=O) groups excluding carboxylic acids is 2. The summed E-state index contributed by atoms with van der Waals surface area (Å²) < 4.78 is 39.5. The minimum absolute atomic E-state index is 0.340. The summed E-state index contributed by atoms with van der Waals surface area (Å²) in [5, 5.41) is 4.96. The number of benzene rings is 1. The van der Waals surface area contributed by atoms with Crippen molar-refractivity contribution in [2.75, 3.05) is 31.5 Å². The monoisotopic (exact) mass is 301 g/mol. The molecule has 1 heterocycles. The Morgan fingerprint density at radius 3 is 2.67 bits per heavy atom. The SMILES string of the molecule is O=C(Nc1cc(F)cc(F)c1F)C(=O)N1CCCNCC1. The van der Waals surface area contributed by atoms with Crippen molar-refractivity contribution in [1.82, 2.24) is 10.2 Å². The van der Waals surface area contributed by atoms with E-state index in [0.29, 0.717) is 38.2 Å². The van der Waals surface area contributed by atoms with Crippen molar-refractivity contribution in [1.29, 1.82) is 0 Å². The highest BCUT2D eigenvalue weighted by molar-refractivity contribution is 6.39. The molecule has 8 heteroatoms. The lowest BCUT2D eigenvalue weighted by Gasteiger charge is -2.19. The first-order chi connectivity index (χ1) is 9.99. The zero-order valence-electron chi connectivity index (χ0n) is 11.1. The number of nitrogens with zero attached hydrogens (tertiary/aromatic N) is 1. The molecule has 1 aliphatic rings. The molecule has 1 aromatic carbocycles. The van der Waals surface area contributed by atoms with Crippen LogP contribution in [-0.4, -0.2) is 42.9 Å². The second-order valence-corrected chi connectivity index (χ2v) is 4.60. The molecule has 2 amide bonds. The van der Waals surface area contributed by atoms with E-state index < -0.39 is 35.0 Å². The molecule has 2 rings (SSSR count). The fraction of sp³-hybridized carbons (Fsp3) is 0.385. The van der Waals surface area contributed by atoms with Gasteiger partial charge in [0.05, 0.1) is 5.69 Å². The summed E-state index contributed by atoms with van der Waals surface area (Å²) >= 11 is 0. The molecule has 0 atom stereocenters. The third-order valence-electron chi connectivity index (χ3n) is 3.06. The van der Waals surface area contributed by atoms with Gasteiger partial charge in [-0.05, 0) is 13.0 Å². The van der Waals surface area contributed by atoms with E-state index in [-0.39, 0.29) is 0 Å². The van der Waals surface area contributed by atoms with Gasteiger partial charge in [0.1, 0.15) is 5.82 Å². The number of amides is 2. The molecule has 0 bridgehead atoms. The lowest BCUT2D eigenvalue weighted by molar-refractivity contribution is -0.143. The summed E-state index contributed by atoms with van der Waals surface area (Å²) in [7, 11) is 0. The largest absolute Gasteiger partial charge is 0.333 e. The van der Waals surface area contributed by atoms with Gasteiger partial charge in [-0.1, -0.05) is 0 Å². The Labute approximate surface area is 119 Å². The average Bonchev–Trinajstić information content (AvgIpc) is 2.72. The molecule has 1 fully saturated rings. The smallest absolute Gasteiger partial charge is 0.313 e. The topological polar surface area (TPSA) is 61.4 Å². The highest BCUT2D eigenvalue weighted by Crippen LogP contribution is 2.19. The van der Waals surface area contributed by atoms with Crippen LogP contribution in [0.25, 0.3) is 0 Å². The zero-order chi connectivity index (χ0) is 15.4. The Bertz CT molecular complexity index is 558. The molecule has 0 unspecified atom stereocenters. The second-order valence-electron chi connectivity index (χ2n) is 4.60. The fourth-order valence-corrected chi connectivity index (χ4v) is 2.02. The predicted octanol–water partition coefficient (Wildman–Crippen LogP) is 0.864. The van der Waals surface area contributed by atoms with Crippen LogP contribution >= 0.6 is 0 Å². The third-order valence-corrected chi connectivity index (χ3v) is 3.06. The van der Waals surface area contributed by atoms with E-state index in [2.05, 4.69) is 5.32 Å². The van der Waals surface area contributed by atoms with Gasteiger partial charge in [0.15, 0.2) is 11.6 Å². The summed E-state index contributed by atoms with van der Waals surface area (Å²) in [6, 6.07) is 0.973. The fourth-order valence-electron chi connectivity index (χ4n) is 2.02. The Kier molecular flexibility index (Phi) is 4.79. The first kappa shape index (κ1) is 15.3. The van der Waals surface area contributed by atoms with Crippen LogP contribution in [0.2, 0.25) is 0 Å². The number of rotatable bonds is 1. The molecule has 21 heavy (non-hydrogen) atoms. The van der Waals surface area contributed by atoms with Gasteiger partial charge in [0, 0.05) is 31.8 Å². The summed E-state index contributed by atoms with van der Waals surface area (Å²) in [5.74, 6) is -5.87. The Balaban J connectivity index is 2.08. The molecule has 1 aromatic rings. The van der Waals surface area contributed by atoms with Crippen molar-refractivity contribution in [2.45, 2.75) is 6.42 Å². The van der Waals surface area contributed by atoms with E-state index in [9.17, 15) is 22.8 Å². The molecular weight excluding hydrogens is 287 g/mol. The highest BCUT2D eigenvalue weighted by Gasteiger charge is 2.24. The first-order valence-electron chi connectivity index (χ1n) is 6.44. The van der Waals surface area contributed by atoms with E-state index in [1.807, 2.05) is 5.32 Å². The normalized spacial score (nSPS) is 15.5. The molecule has 0 saturated carbocycles. The van der Waals surface area contributed by atoms with Crippen LogP contribution in [0.5, 0.6) is 0 Å². The van der Waals surface area contributed by atoms with Gasteiger partial charge in [-0.15, -0.1) is 0 Å². The van der Waals surface area contributed by atoms with E-state index >= 15 is 0 Å². The molecule has 0 radical (unpaired) electrons. The number of anilines is 1. The van der Waals surface area contributed by atoms with E-state index in [0.717, 1.165) is 6.54 Å². The minimum atomic E-state index is -1.43. The minimum Gasteiger partial charge on any atom is -0.333 e.